The van der Waals surface area contributed by atoms with Gasteiger partial charge in [-0.05, 0) is 12.8 Å². The second-order valence-electron chi connectivity index (χ2n) is 4.75. The zero-order valence-electron chi connectivity index (χ0n) is 10.2. The highest BCUT2D eigenvalue weighted by Crippen LogP contribution is 2.37. The summed E-state index contributed by atoms with van der Waals surface area (Å²) in [4.78, 5) is 21.9. The lowest BCUT2D eigenvalue weighted by atomic mass is 9.84. The van der Waals surface area contributed by atoms with Crippen molar-refractivity contribution >= 4 is 11.9 Å². The molecule has 110 valence electrons. The molecule has 0 heterocycles. The number of hydrogen-bond acceptors (Lipinski definition) is 3. The first kappa shape index (κ1) is 15.7. The van der Waals surface area contributed by atoms with Gasteiger partial charge in [-0.1, -0.05) is 12.8 Å². The molecule has 0 aromatic rings. The topological polar surface area (TPSA) is 92.4 Å². The molecule has 1 aliphatic carbocycles. The van der Waals surface area contributed by atoms with E-state index in [9.17, 15) is 22.8 Å². The second-order valence-corrected chi connectivity index (χ2v) is 4.75. The van der Waals surface area contributed by atoms with E-state index in [0.717, 1.165) is 0 Å². The monoisotopic (exact) mass is 282 g/mol. The van der Waals surface area contributed by atoms with Crippen LogP contribution in [0.3, 0.4) is 0 Å². The van der Waals surface area contributed by atoms with Gasteiger partial charge in [0.1, 0.15) is 0 Å². The number of aliphatic carboxylic acids is 1. The third-order valence-electron chi connectivity index (χ3n) is 3.25. The molecule has 4 N–H and O–H groups in total. The fourth-order valence-electron chi connectivity index (χ4n) is 2.27. The standard InChI is InChI=1S/C11H17F3N2O3/c12-11(13,14)6-3-1-2-4-8(6)16-10(19)7(15)5-9(17)18/h6-8H,1-5,15H2,(H,16,19)(H,17,18). The first-order valence-electron chi connectivity index (χ1n) is 6.06. The molecule has 3 atom stereocenters. The van der Waals surface area contributed by atoms with E-state index in [-0.39, 0.29) is 12.8 Å². The molecule has 5 nitrogen and oxygen atoms in total. The van der Waals surface area contributed by atoms with Gasteiger partial charge in [0, 0.05) is 6.04 Å². The lowest BCUT2D eigenvalue weighted by molar-refractivity contribution is -0.189. The van der Waals surface area contributed by atoms with Gasteiger partial charge in [-0.25, -0.2) is 0 Å². The van der Waals surface area contributed by atoms with Crippen LogP contribution in [0.2, 0.25) is 0 Å². The summed E-state index contributed by atoms with van der Waals surface area (Å²) in [5, 5.41) is 10.7. The molecule has 1 saturated carbocycles. The molecule has 0 spiro atoms. The van der Waals surface area contributed by atoms with Crippen LogP contribution >= 0.6 is 0 Å². The first-order chi connectivity index (χ1) is 8.71. The number of nitrogens with one attached hydrogen (secondary N) is 1. The molecule has 8 heteroatoms. The Morgan fingerprint density at radius 2 is 1.89 bits per heavy atom. The molecule has 19 heavy (non-hydrogen) atoms. The van der Waals surface area contributed by atoms with E-state index in [1.807, 2.05) is 0 Å². The molecule has 1 rings (SSSR count). The maximum absolute atomic E-state index is 12.8. The third kappa shape index (κ3) is 4.70. The highest BCUT2D eigenvalue weighted by Gasteiger charge is 2.46. The van der Waals surface area contributed by atoms with Crippen molar-refractivity contribution < 1.29 is 27.9 Å². The van der Waals surface area contributed by atoms with E-state index in [1.165, 1.54) is 0 Å². The van der Waals surface area contributed by atoms with Gasteiger partial charge in [-0.15, -0.1) is 0 Å². The molecule has 0 radical (unpaired) electrons. The first-order valence-corrected chi connectivity index (χ1v) is 6.06. The van der Waals surface area contributed by atoms with Crippen molar-refractivity contribution in [3.63, 3.8) is 0 Å². The van der Waals surface area contributed by atoms with Crippen LogP contribution in [0.5, 0.6) is 0 Å². The SMILES string of the molecule is NC(CC(=O)O)C(=O)NC1CCCCC1C(F)(F)F. The van der Waals surface area contributed by atoms with E-state index in [4.69, 9.17) is 10.8 Å². The molecule has 0 aliphatic heterocycles. The Bertz CT molecular complexity index is 347. The Balaban J connectivity index is 2.62. The van der Waals surface area contributed by atoms with Crippen LogP contribution in [0.1, 0.15) is 32.1 Å². The van der Waals surface area contributed by atoms with Crippen molar-refractivity contribution in [2.45, 2.75) is 50.4 Å². The smallest absolute Gasteiger partial charge is 0.393 e. The van der Waals surface area contributed by atoms with Crippen molar-refractivity contribution in [2.24, 2.45) is 11.7 Å². The maximum atomic E-state index is 12.8. The molecule has 1 amide bonds. The zero-order valence-corrected chi connectivity index (χ0v) is 10.2. The summed E-state index contributed by atoms with van der Waals surface area (Å²) in [7, 11) is 0. The van der Waals surface area contributed by atoms with Gasteiger partial charge < -0.3 is 16.2 Å². The van der Waals surface area contributed by atoms with Crippen LogP contribution < -0.4 is 11.1 Å². The molecule has 0 aromatic carbocycles. The summed E-state index contributed by atoms with van der Waals surface area (Å²) in [5.74, 6) is -3.69. The number of carbonyl (C=O) groups is 2. The van der Waals surface area contributed by atoms with Gasteiger partial charge in [0.05, 0.1) is 18.4 Å². The predicted molar refractivity (Wildman–Crippen MR) is 60.2 cm³/mol. The lowest BCUT2D eigenvalue weighted by Crippen LogP contribution is -2.52. The summed E-state index contributed by atoms with van der Waals surface area (Å²) < 4.78 is 38.3. The Morgan fingerprint density at radius 1 is 1.32 bits per heavy atom. The maximum Gasteiger partial charge on any atom is 0.393 e. The van der Waals surface area contributed by atoms with Crippen LogP contribution in [-0.4, -0.2) is 35.2 Å². The molecule has 0 bridgehead atoms. The molecule has 1 fully saturated rings. The fourth-order valence-corrected chi connectivity index (χ4v) is 2.27. The predicted octanol–water partition coefficient (Wildman–Crippen LogP) is 1.03. The normalized spacial score (nSPS) is 25.7. The third-order valence-corrected chi connectivity index (χ3v) is 3.25. The highest BCUT2D eigenvalue weighted by molar-refractivity contribution is 5.86. The minimum Gasteiger partial charge on any atom is -0.481 e. The lowest BCUT2D eigenvalue weighted by Gasteiger charge is -2.34. The van der Waals surface area contributed by atoms with E-state index < -0.39 is 42.5 Å². The van der Waals surface area contributed by atoms with Crippen LogP contribution in [0.4, 0.5) is 13.2 Å². The van der Waals surface area contributed by atoms with E-state index in [1.54, 1.807) is 0 Å². The molecular formula is C11H17F3N2O3. The van der Waals surface area contributed by atoms with Gasteiger partial charge in [0.15, 0.2) is 0 Å². The number of carbonyl (C=O) groups excluding carboxylic acids is 1. The highest BCUT2D eigenvalue weighted by atomic mass is 19.4. The molecule has 0 aromatic heterocycles. The number of amides is 1. The second kappa shape index (κ2) is 6.23. The molecule has 1 aliphatic rings. The van der Waals surface area contributed by atoms with Crippen LogP contribution in [0.25, 0.3) is 0 Å². The van der Waals surface area contributed by atoms with Crippen LogP contribution in [-0.2, 0) is 9.59 Å². The van der Waals surface area contributed by atoms with Crippen molar-refractivity contribution in [3.8, 4) is 0 Å². The van der Waals surface area contributed by atoms with Crippen molar-refractivity contribution in [2.75, 3.05) is 0 Å². The Morgan fingerprint density at radius 3 is 2.42 bits per heavy atom. The summed E-state index contributed by atoms with van der Waals surface area (Å²) in [5.41, 5.74) is 5.32. The number of rotatable bonds is 4. The summed E-state index contributed by atoms with van der Waals surface area (Å²) in [6, 6.07) is -2.34. The zero-order chi connectivity index (χ0) is 14.6. The molecule has 0 saturated heterocycles. The van der Waals surface area contributed by atoms with E-state index >= 15 is 0 Å². The minimum absolute atomic E-state index is 0.0252. The van der Waals surface area contributed by atoms with Gasteiger partial charge in [-0.3, -0.25) is 9.59 Å². The van der Waals surface area contributed by atoms with Crippen molar-refractivity contribution in [3.05, 3.63) is 0 Å². The average molecular weight is 282 g/mol. The van der Waals surface area contributed by atoms with Crippen LogP contribution in [0, 0.1) is 5.92 Å². The summed E-state index contributed by atoms with van der Waals surface area (Å²) in [6.45, 7) is 0. The quantitative estimate of drug-likeness (QED) is 0.718. The molecular weight excluding hydrogens is 265 g/mol. The summed E-state index contributed by atoms with van der Waals surface area (Å²) in [6.07, 6.45) is -3.69. The van der Waals surface area contributed by atoms with Crippen molar-refractivity contribution in [1.82, 2.24) is 5.32 Å². The fraction of sp³-hybridized carbons (Fsp3) is 0.818. The Hall–Kier alpha value is -1.31. The van der Waals surface area contributed by atoms with Gasteiger partial charge >= 0.3 is 12.1 Å². The number of hydrogen-bond donors (Lipinski definition) is 3. The number of nitrogens with two attached hydrogens (primary N) is 1. The number of carboxylic acids is 1. The van der Waals surface area contributed by atoms with Crippen molar-refractivity contribution in [1.29, 1.82) is 0 Å². The molecule has 3 unspecified atom stereocenters. The number of halogens is 3. The number of carboxylic acid groups (broad SMARTS) is 1. The van der Waals surface area contributed by atoms with Gasteiger partial charge in [0.25, 0.3) is 0 Å². The minimum atomic E-state index is -4.37. The Kier molecular flexibility index (Phi) is 5.16. The average Bonchev–Trinajstić information content (AvgIpc) is 2.27. The van der Waals surface area contributed by atoms with Gasteiger partial charge in [-0.2, -0.15) is 13.2 Å². The number of alkyl halides is 3. The van der Waals surface area contributed by atoms with E-state index in [2.05, 4.69) is 5.32 Å². The van der Waals surface area contributed by atoms with Gasteiger partial charge in [0.2, 0.25) is 5.91 Å². The largest absolute Gasteiger partial charge is 0.481 e. The summed E-state index contributed by atoms with van der Waals surface area (Å²) >= 11 is 0. The Labute approximate surface area is 108 Å². The van der Waals surface area contributed by atoms with E-state index in [0.29, 0.717) is 12.8 Å². The van der Waals surface area contributed by atoms with Crippen LogP contribution in [0.15, 0.2) is 0 Å².